The number of esters is 1. The lowest BCUT2D eigenvalue weighted by molar-refractivity contribution is -0.143. The molecule has 6 heteroatoms. The molecule has 3 rings (SSSR count). The van der Waals surface area contributed by atoms with Gasteiger partial charge >= 0.3 is 5.97 Å². The highest BCUT2D eigenvalue weighted by atomic mass is 16.5. The fraction of sp³-hybridized carbons (Fsp3) is 0.167. The van der Waals surface area contributed by atoms with Gasteiger partial charge in [-0.05, 0) is 29.3 Å². The van der Waals surface area contributed by atoms with Gasteiger partial charge in [0.15, 0.2) is 11.7 Å². The number of aromatic nitrogens is 1. The first-order chi connectivity index (χ1) is 11.6. The molecule has 3 aromatic rings. The Bertz CT molecular complexity index is 901. The van der Waals surface area contributed by atoms with Crippen LogP contribution in [-0.2, 0) is 9.53 Å². The summed E-state index contributed by atoms with van der Waals surface area (Å²) in [6.07, 6.45) is 0. The van der Waals surface area contributed by atoms with Crippen molar-refractivity contribution in [3.63, 3.8) is 0 Å². The third-order valence-corrected chi connectivity index (χ3v) is 3.68. The number of nitrogens with zero attached hydrogens (tertiary/aromatic N) is 1. The molecule has 0 aliphatic rings. The van der Waals surface area contributed by atoms with Gasteiger partial charge in [0.1, 0.15) is 5.76 Å². The van der Waals surface area contributed by atoms with E-state index in [1.807, 2.05) is 36.4 Å². The van der Waals surface area contributed by atoms with Gasteiger partial charge in [-0.3, -0.25) is 4.79 Å². The van der Waals surface area contributed by atoms with Gasteiger partial charge in [0, 0.05) is 6.07 Å². The first-order valence-electron chi connectivity index (χ1n) is 7.39. The number of carbonyl (C=O) groups is 2. The van der Waals surface area contributed by atoms with Crippen LogP contribution in [0.15, 0.2) is 53.1 Å². The molecule has 0 radical (unpaired) electrons. The number of methoxy groups -OCH3 is 1. The van der Waals surface area contributed by atoms with Crippen LogP contribution in [-0.4, -0.2) is 24.1 Å². The smallest absolute Gasteiger partial charge is 0.333 e. The highest BCUT2D eigenvalue weighted by Crippen LogP contribution is 2.22. The first-order valence-corrected chi connectivity index (χ1v) is 7.39. The summed E-state index contributed by atoms with van der Waals surface area (Å²) in [5.74, 6) is -0.547. The standard InChI is InChI=1S/C18H16N2O4/c1-11-9-15(20-24-11)17(21)19-16(18(22)23-2)14-8-7-12-5-3-4-6-13(12)10-14/h3-10,16H,1-2H3,(H,19,21). The number of amides is 1. The van der Waals surface area contributed by atoms with Crippen molar-refractivity contribution in [1.29, 1.82) is 0 Å². The Labute approximate surface area is 138 Å². The fourth-order valence-electron chi connectivity index (χ4n) is 2.46. The van der Waals surface area contributed by atoms with Crippen molar-refractivity contribution >= 4 is 22.6 Å². The van der Waals surface area contributed by atoms with E-state index in [1.54, 1.807) is 13.0 Å². The molecule has 1 unspecified atom stereocenters. The minimum Gasteiger partial charge on any atom is -0.467 e. The predicted molar refractivity (Wildman–Crippen MR) is 87.4 cm³/mol. The molecule has 1 atom stereocenters. The molecule has 1 heterocycles. The number of carbonyl (C=O) groups excluding carboxylic acids is 2. The summed E-state index contributed by atoms with van der Waals surface area (Å²) in [5.41, 5.74) is 0.747. The molecular weight excluding hydrogens is 308 g/mol. The molecule has 122 valence electrons. The van der Waals surface area contributed by atoms with Crippen LogP contribution < -0.4 is 5.32 Å². The molecular formula is C18H16N2O4. The van der Waals surface area contributed by atoms with E-state index in [1.165, 1.54) is 13.2 Å². The fourth-order valence-corrected chi connectivity index (χ4v) is 2.46. The van der Waals surface area contributed by atoms with E-state index in [9.17, 15) is 9.59 Å². The first kappa shape index (κ1) is 15.7. The molecule has 0 spiro atoms. The summed E-state index contributed by atoms with van der Waals surface area (Å²) in [7, 11) is 1.28. The van der Waals surface area contributed by atoms with Crippen LogP contribution in [0.2, 0.25) is 0 Å². The van der Waals surface area contributed by atoms with Gasteiger partial charge < -0.3 is 14.6 Å². The highest BCUT2D eigenvalue weighted by molar-refractivity contribution is 5.96. The molecule has 24 heavy (non-hydrogen) atoms. The molecule has 0 aliphatic carbocycles. The van der Waals surface area contributed by atoms with Gasteiger partial charge in [0.05, 0.1) is 7.11 Å². The Morgan fingerprint density at radius 2 is 1.88 bits per heavy atom. The molecule has 1 aromatic heterocycles. The molecule has 1 N–H and O–H groups in total. The monoisotopic (exact) mass is 324 g/mol. The maximum Gasteiger partial charge on any atom is 0.333 e. The SMILES string of the molecule is COC(=O)C(NC(=O)c1cc(C)on1)c1ccc2ccccc2c1. The minimum absolute atomic E-state index is 0.113. The second kappa shape index (κ2) is 6.54. The van der Waals surface area contributed by atoms with E-state index >= 15 is 0 Å². The summed E-state index contributed by atoms with van der Waals surface area (Å²) >= 11 is 0. The Balaban J connectivity index is 1.93. The Kier molecular flexibility index (Phi) is 4.29. The summed E-state index contributed by atoms with van der Waals surface area (Å²) in [6, 6.07) is 13.9. The predicted octanol–water partition coefficient (Wildman–Crippen LogP) is 2.78. The normalized spacial score (nSPS) is 11.9. The van der Waals surface area contributed by atoms with Gasteiger partial charge in [0.2, 0.25) is 0 Å². The van der Waals surface area contributed by atoms with Crippen molar-refractivity contribution in [2.75, 3.05) is 7.11 Å². The number of aryl methyl sites for hydroxylation is 1. The number of benzene rings is 2. The van der Waals surface area contributed by atoms with Crippen LogP contribution >= 0.6 is 0 Å². The highest BCUT2D eigenvalue weighted by Gasteiger charge is 2.25. The van der Waals surface area contributed by atoms with Crippen LogP contribution in [0.5, 0.6) is 0 Å². The minimum atomic E-state index is -0.927. The Hall–Kier alpha value is -3.15. The second-order valence-corrected chi connectivity index (χ2v) is 5.36. The molecule has 0 saturated heterocycles. The largest absolute Gasteiger partial charge is 0.467 e. The molecule has 0 saturated carbocycles. The molecule has 0 fully saturated rings. The molecule has 6 nitrogen and oxygen atoms in total. The van der Waals surface area contributed by atoms with Gasteiger partial charge in [-0.25, -0.2) is 4.79 Å². The van der Waals surface area contributed by atoms with E-state index in [4.69, 9.17) is 9.26 Å². The maximum atomic E-state index is 12.3. The maximum absolute atomic E-state index is 12.3. The number of hydrogen-bond acceptors (Lipinski definition) is 5. The number of fused-ring (bicyclic) bond motifs is 1. The van der Waals surface area contributed by atoms with Gasteiger partial charge in [-0.2, -0.15) is 0 Å². The zero-order valence-electron chi connectivity index (χ0n) is 13.3. The molecule has 1 amide bonds. The van der Waals surface area contributed by atoms with Crippen molar-refractivity contribution in [2.24, 2.45) is 0 Å². The molecule has 0 bridgehead atoms. The summed E-state index contributed by atoms with van der Waals surface area (Å²) < 4.78 is 9.71. The van der Waals surface area contributed by atoms with Crippen molar-refractivity contribution in [1.82, 2.24) is 10.5 Å². The van der Waals surface area contributed by atoms with E-state index in [2.05, 4.69) is 10.5 Å². The average Bonchev–Trinajstić information content (AvgIpc) is 3.05. The molecule has 0 aliphatic heterocycles. The lowest BCUT2D eigenvalue weighted by atomic mass is 10.0. The summed E-state index contributed by atoms with van der Waals surface area (Å²) in [4.78, 5) is 24.4. The third kappa shape index (κ3) is 3.12. The zero-order valence-corrected chi connectivity index (χ0v) is 13.3. The average molecular weight is 324 g/mol. The summed E-state index contributed by atoms with van der Waals surface area (Å²) in [5, 5.41) is 8.31. The van der Waals surface area contributed by atoms with Crippen LogP contribution in [0.1, 0.15) is 27.9 Å². The molecule has 2 aromatic carbocycles. The lowest BCUT2D eigenvalue weighted by Crippen LogP contribution is -2.34. The number of hydrogen-bond donors (Lipinski definition) is 1. The van der Waals surface area contributed by atoms with E-state index in [0.29, 0.717) is 11.3 Å². The van der Waals surface area contributed by atoms with Gasteiger partial charge in [0.25, 0.3) is 5.91 Å². The number of nitrogens with one attached hydrogen (secondary N) is 1. The van der Waals surface area contributed by atoms with Crippen molar-refractivity contribution in [3.05, 3.63) is 65.5 Å². The number of rotatable bonds is 4. The Morgan fingerprint density at radius 1 is 1.12 bits per heavy atom. The van der Waals surface area contributed by atoms with Crippen LogP contribution in [0.4, 0.5) is 0 Å². The Morgan fingerprint density at radius 3 is 2.54 bits per heavy atom. The topological polar surface area (TPSA) is 81.4 Å². The van der Waals surface area contributed by atoms with Crippen LogP contribution in [0.3, 0.4) is 0 Å². The van der Waals surface area contributed by atoms with E-state index in [0.717, 1.165) is 10.8 Å². The second-order valence-electron chi connectivity index (χ2n) is 5.36. The van der Waals surface area contributed by atoms with Crippen molar-refractivity contribution < 1.29 is 18.8 Å². The zero-order chi connectivity index (χ0) is 17.1. The van der Waals surface area contributed by atoms with Gasteiger partial charge in [-0.15, -0.1) is 0 Å². The lowest BCUT2D eigenvalue weighted by Gasteiger charge is -2.16. The van der Waals surface area contributed by atoms with Gasteiger partial charge in [-0.1, -0.05) is 41.6 Å². The van der Waals surface area contributed by atoms with Crippen molar-refractivity contribution in [2.45, 2.75) is 13.0 Å². The summed E-state index contributed by atoms with van der Waals surface area (Å²) in [6.45, 7) is 1.69. The van der Waals surface area contributed by atoms with Crippen LogP contribution in [0.25, 0.3) is 10.8 Å². The van der Waals surface area contributed by atoms with E-state index < -0.39 is 17.9 Å². The quantitative estimate of drug-likeness (QED) is 0.746. The third-order valence-electron chi connectivity index (χ3n) is 3.68. The van der Waals surface area contributed by atoms with Crippen molar-refractivity contribution in [3.8, 4) is 0 Å². The number of ether oxygens (including phenoxy) is 1. The van der Waals surface area contributed by atoms with E-state index in [-0.39, 0.29) is 5.69 Å². The van der Waals surface area contributed by atoms with Crippen LogP contribution in [0, 0.1) is 6.92 Å².